The van der Waals surface area contributed by atoms with E-state index in [1.54, 1.807) is 6.92 Å². The molecule has 2 aliphatic carbocycles. The number of amides is 2. The molecule has 4 rings (SSSR count). The number of aliphatic carboxylic acids is 1. The molecule has 3 atom stereocenters. The minimum absolute atomic E-state index is 0.0339. The molecule has 1 fully saturated rings. The van der Waals surface area contributed by atoms with Gasteiger partial charge < -0.3 is 20.5 Å². The number of benzene rings is 2. The van der Waals surface area contributed by atoms with Crippen molar-refractivity contribution in [2.45, 2.75) is 31.7 Å². The Morgan fingerprint density at radius 3 is 2.23 bits per heavy atom. The number of ether oxygens (including phenoxy) is 1. The van der Waals surface area contributed by atoms with Crippen molar-refractivity contribution in [2.75, 3.05) is 13.2 Å². The number of carboxylic acids is 1. The minimum Gasteiger partial charge on any atom is -0.481 e. The van der Waals surface area contributed by atoms with Crippen molar-refractivity contribution < 1.29 is 24.2 Å². The van der Waals surface area contributed by atoms with Gasteiger partial charge in [-0.25, -0.2) is 4.79 Å². The van der Waals surface area contributed by atoms with Gasteiger partial charge in [-0.3, -0.25) is 9.59 Å². The van der Waals surface area contributed by atoms with Crippen molar-refractivity contribution in [1.29, 1.82) is 0 Å². The predicted octanol–water partition coefficient (Wildman–Crippen LogP) is 3.14. The highest BCUT2D eigenvalue weighted by Gasteiger charge is 2.43. The summed E-state index contributed by atoms with van der Waals surface area (Å²) in [5, 5.41) is 14.3. The van der Waals surface area contributed by atoms with E-state index < -0.39 is 18.1 Å². The molecule has 0 saturated heterocycles. The summed E-state index contributed by atoms with van der Waals surface area (Å²) in [6, 6.07) is 15.5. The average Bonchev–Trinajstić information content (AvgIpc) is 3.50. The standard InChI is InChI=1S/C24H26N2O5/c1-2-21(22(27)25-12-14-11-19(14)23(28)29)26-24(30)31-13-20-17-9-5-3-7-15(17)16-8-4-6-10-18(16)20/h3-10,14,19-21H,2,11-13H2,1H3,(H,25,27)(H,26,30)(H,28,29)/t14-,19-,21-/m1/s1. The summed E-state index contributed by atoms with van der Waals surface area (Å²) >= 11 is 0. The van der Waals surface area contributed by atoms with Crippen LogP contribution in [0.1, 0.15) is 36.8 Å². The fraction of sp³-hybridized carbons (Fsp3) is 0.375. The molecular formula is C24H26N2O5. The van der Waals surface area contributed by atoms with Crippen LogP contribution >= 0.6 is 0 Å². The number of rotatable bonds is 8. The molecule has 31 heavy (non-hydrogen) atoms. The highest BCUT2D eigenvalue weighted by molar-refractivity contribution is 5.86. The van der Waals surface area contributed by atoms with Crippen LogP contribution in [0.2, 0.25) is 0 Å². The van der Waals surface area contributed by atoms with Crippen molar-refractivity contribution >= 4 is 18.0 Å². The van der Waals surface area contributed by atoms with E-state index in [0.29, 0.717) is 19.4 Å². The fourth-order valence-electron chi connectivity index (χ4n) is 4.27. The number of carbonyl (C=O) groups excluding carboxylic acids is 2. The van der Waals surface area contributed by atoms with Crippen LogP contribution in [0.15, 0.2) is 48.5 Å². The third-order valence-corrected chi connectivity index (χ3v) is 6.14. The molecular weight excluding hydrogens is 396 g/mol. The van der Waals surface area contributed by atoms with E-state index in [1.165, 1.54) is 0 Å². The van der Waals surface area contributed by atoms with Crippen LogP contribution in [0.4, 0.5) is 4.79 Å². The second kappa shape index (κ2) is 8.79. The summed E-state index contributed by atoms with van der Waals surface area (Å²) in [5.74, 6) is -1.62. The van der Waals surface area contributed by atoms with Gasteiger partial charge in [0.05, 0.1) is 5.92 Å². The summed E-state index contributed by atoms with van der Waals surface area (Å²) in [6.45, 7) is 2.28. The third-order valence-electron chi connectivity index (χ3n) is 6.14. The van der Waals surface area contributed by atoms with Gasteiger partial charge in [0.1, 0.15) is 12.6 Å². The molecule has 7 nitrogen and oxygen atoms in total. The Hall–Kier alpha value is -3.35. The van der Waals surface area contributed by atoms with Crippen LogP contribution in [0, 0.1) is 11.8 Å². The fourth-order valence-corrected chi connectivity index (χ4v) is 4.27. The zero-order chi connectivity index (χ0) is 22.0. The molecule has 0 unspecified atom stereocenters. The maximum absolute atomic E-state index is 12.4. The van der Waals surface area contributed by atoms with Crippen LogP contribution in [-0.2, 0) is 14.3 Å². The first kappa shape index (κ1) is 20.9. The Bertz CT molecular complexity index is 959. The first-order chi connectivity index (χ1) is 15.0. The predicted molar refractivity (Wildman–Crippen MR) is 115 cm³/mol. The van der Waals surface area contributed by atoms with E-state index in [-0.39, 0.29) is 30.3 Å². The van der Waals surface area contributed by atoms with E-state index in [1.807, 2.05) is 36.4 Å². The molecule has 0 aromatic heterocycles. The van der Waals surface area contributed by atoms with E-state index in [4.69, 9.17) is 9.84 Å². The molecule has 2 amide bonds. The molecule has 0 aliphatic heterocycles. The maximum Gasteiger partial charge on any atom is 0.407 e. The van der Waals surface area contributed by atoms with Gasteiger partial charge in [0.15, 0.2) is 0 Å². The first-order valence-corrected chi connectivity index (χ1v) is 10.6. The summed E-state index contributed by atoms with van der Waals surface area (Å²) in [7, 11) is 0. The zero-order valence-corrected chi connectivity index (χ0v) is 17.3. The molecule has 162 valence electrons. The number of fused-ring (bicyclic) bond motifs is 3. The van der Waals surface area contributed by atoms with Crippen LogP contribution in [-0.4, -0.2) is 42.3 Å². The lowest BCUT2D eigenvalue weighted by molar-refractivity contribution is -0.139. The van der Waals surface area contributed by atoms with Crippen molar-refractivity contribution in [3.63, 3.8) is 0 Å². The van der Waals surface area contributed by atoms with Gasteiger partial charge in [0, 0.05) is 12.5 Å². The van der Waals surface area contributed by atoms with E-state index >= 15 is 0 Å². The molecule has 0 spiro atoms. The van der Waals surface area contributed by atoms with Crippen molar-refractivity contribution in [3.8, 4) is 11.1 Å². The molecule has 3 N–H and O–H groups in total. The second-order valence-electron chi connectivity index (χ2n) is 8.12. The smallest absolute Gasteiger partial charge is 0.407 e. The normalized spacial score (nSPS) is 19.6. The monoisotopic (exact) mass is 422 g/mol. The SMILES string of the molecule is CC[C@@H](NC(=O)OCC1c2ccccc2-c2ccccc21)C(=O)NC[C@H]1C[C@H]1C(=O)O. The molecule has 1 saturated carbocycles. The van der Waals surface area contributed by atoms with Crippen molar-refractivity contribution in [1.82, 2.24) is 10.6 Å². The Labute approximate surface area is 180 Å². The third kappa shape index (κ3) is 4.40. The van der Waals surface area contributed by atoms with Gasteiger partial charge in [0.25, 0.3) is 0 Å². The molecule has 0 radical (unpaired) electrons. The average molecular weight is 422 g/mol. The van der Waals surface area contributed by atoms with Gasteiger partial charge in [-0.2, -0.15) is 0 Å². The second-order valence-corrected chi connectivity index (χ2v) is 8.12. The molecule has 0 heterocycles. The summed E-state index contributed by atoms with van der Waals surface area (Å²) in [6.07, 6.45) is 0.341. The Kier molecular flexibility index (Phi) is 5.93. The number of alkyl carbamates (subject to hydrolysis) is 1. The number of hydrogen-bond donors (Lipinski definition) is 3. The minimum atomic E-state index is -0.831. The van der Waals surface area contributed by atoms with Gasteiger partial charge in [-0.15, -0.1) is 0 Å². The van der Waals surface area contributed by atoms with Gasteiger partial charge in [0.2, 0.25) is 5.91 Å². The van der Waals surface area contributed by atoms with Crippen LogP contribution < -0.4 is 10.6 Å². The Morgan fingerprint density at radius 2 is 1.68 bits per heavy atom. The van der Waals surface area contributed by atoms with Gasteiger partial charge >= 0.3 is 12.1 Å². The Morgan fingerprint density at radius 1 is 1.06 bits per heavy atom. The van der Waals surface area contributed by atoms with Crippen LogP contribution in [0.5, 0.6) is 0 Å². The molecule has 0 bridgehead atoms. The summed E-state index contributed by atoms with van der Waals surface area (Å²) in [5.41, 5.74) is 4.55. The van der Waals surface area contributed by atoms with Crippen molar-refractivity contribution in [2.24, 2.45) is 11.8 Å². The number of carboxylic acid groups (broad SMARTS) is 1. The topological polar surface area (TPSA) is 105 Å². The lowest BCUT2D eigenvalue weighted by Gasteiger charge is -2.18. The molecule has 2 aromatic rings. The maximum atomic E-state index is 12.4. The van der Waals surface area contributed by atoms with Crippen LogP contribution in [0.3, 0.4) is 0 Å². The van der Waals surface area contributed by atoms with Crippen LogP contribution in [0.25, 0.3) is 11.1 Å². The van der Waals surface area contributed by atoms with Gasteiger partial charge in [-0.05, 0) is 41.0 Å². The largest absolute Gasteiger partial charge is 0.481 e. The molecule has 2 aromatic carbocycles. The summed E-state index contributed by atoms with van der Waals surface area (Å²) in [4.78, 5) is 35.7. The van der Waals surface area contributed by atoms with Crippen molar-refractivity contribution in [3.05, 3.63) is 59.7 Å². The van der Waals surface area contributed by atoms with E-state index in [2.05, 4.69) is 22.8 Å². The molecule has 7 heteroatoms. The number of hydrogen-bond acceptors (Lipinski definition) is 4. The number of nitrogens with one attached hydrogen (secondary N) is 2. The number of carbonyl (C=O) groups is 3. The van der Waals surface area contributed by atoms with Gasteiger partial charge in [-0.1, -0.05) is 55.5 Å². The lowest BCUT2D eigenvalue weighted by atomic mass is 9.98. The Balaban J connectivity index is 1.31. The lowest BCUT2D eigenvalue weighted by Crippen LogP contribution is -2.47. The highest BCUT2D eigenvalue weighted by atomic mass is 16.5. The first-order valence-electron chi connectivity index (χ1n) is 10.6. The zero-order valence-electron chi connectivity index (χ0n) is 17.3. The molecule has 2 aliphatic rings. The summed E-state index contributed by atoms with van der Waals surface area (Å²) < 4.78 is 5.50. The van der Waals surface area contributed by atoms with E-state index in [0.717, 1.165) is 22.3 Å². The quantitative estimate of drug-likeness (QED) is 0.606. The van der Waals surface area contributed by atoms with E-state index in [9.17, 15) is 14.4 Å². The highest BCUT2D eigenvalue weighted by Crippen LogP contribution is 2.44.